The summed E-state index contributed by atoms with van der Waals surface area (Å²) in [5, 5.41) is 2.92. The number of amides is 1. The van der Waals surface area contributed by atoms with E-state index in [9.17, 15) is 4.79 Å². The van der Waals surface area contributed by atoms with Crippen LogP contribution in [0.25, 0.3) is 0 Å². The molecule has 80 valence electrons. The third-order valence-electron chi connectivity index (χ3n) is 2.67. The van der Waals surface area contributed by atoms with E-state index >= 15 is 0 Å². The highest BCUT2D eigenvalue weighted by atomic mass is 16.1. The molecule has 3 heteroatoms. The summed E-state index contributed by atoms with van der Waals surface area (Å²) in [6.45, 7) is 0.760. The molecular weight excluding hydrogens is 176 g/mol. The molecular formula is C11H20N2O. The van der Waals surface area contributed by atoms with Crippen LogP contribution in [0.4, 0.5) is 0 Å². The largest absolute Gasteiger partial charge is 0.351 e. The molecule has 3 nitrogen and oxygen atoms in total. The molecule has 0 saturated carbocycles. The van der Waals surface area contributed by atoms with Gasteiger partial charge in [0.25, 0.3) is 0 Å². The fraction of sp³-hybridized carbons (Fsp3) is 0.727. The van der Waals surface area contributed by atoms with Gasteiger partial charge in [0.1, 0.15) is 0 Å². The normalized spacial score (nSPS) is 27.1. The number of likely N-dealkylation sites (N-methyl/N-ethyl adjacent to an activating group) is 1. The van der Waals surface area contributed by atoms with Gasteiger partial charge >= 0.3 is 0 Å². The van der Waals surface area contributed by atoms with Crippen molar-refractivity contribution in [1.82, 2.24) is 10.2 Å². The fourth-order valence-electron chi connectivity index (χ4n) is 1.65. The van der Waals surface area contributed by atoms with Crippen LogP contribution in [-0.4, -0.2) is 37.5 Å². The van der Waals surface area contributed by atoms with Crippen molar-refractivity contribution in [2.75, 3.05) is 20.6 Å². The molecule has 1 heterocycles. The van der Waals surface area contributed by atoms with Crippen LogP contribution in [0.15, 0.2) is 12.2 Å². The molecule has 0 radical (unpaired) electrons. The maximum atomic E-state index is 11.3. The lowest BCUT2D eigenvalue weighted by atomic mass is 10.1. The first kappa shape index (κ1) is 11.2. The van der Waals surface area contributed by atoms with E-state index in [-0.39, 0.29) is 5.91 Å². The number of allylic oxidation sites excluding steroid dienone is 1. The number of nitrogens with one attached hydrogen (secondary N) is 1. The van der Waals surface area contributed by atoms with Crippen LogP contribution in [0.1, 0.15) is 25.7 Å². The molecule has 0 fully saturated rings. The number of rotatable bonds is 1. The average molecular weight is 196 g/mol. The second-order valence-electron chi connectivity index (χ2n) is 4.05. The maximum absolute atomic E-state index is 11.3. The molecule has 1 amide bonds. The van der Waals surface area contributed by atoms with Gasteiger partial charge in [-0.3, -0.25) is 4.79 Å². The van der Waals surface area contributed by atoms with Gasteiger partial charge in [-0.05, 0) is 39.4 Å². The van der Waals surface area contributed by atoms with Gasteiger partial charge in [0.05, 0.1) is 0 Å². The third-order valence-corrected chi connectivity index (χ3v) is 2.67. The van der Waals surface area contributed by atoms with E-state index in [0.717, 1.165) is 13.0 Å². The van der Waals surface area contributed by atoms with Gasteiger partial charge in [0.2, 0.25) is 5.91 Å². The monoisotopic (exact) mass is 196 g/mol. The summed E-state index contributed by atoms with van der Waals surface area (Å²) in [5.41, 5.74) is 0. The Hall–Kier alpha value is -0.830. The number of hydrogen-bond donors (Lipinski definition) is 1. The molecule has 0 bridgehead atoms. The maximum Gasteiger partial charge on any atom is 0.243 e. The van der Waals surface area contributed by atoms with E-state index in [1.807, 2.05) is 6.08 Å². The van der Waals surface area contributed by atoms with Crippen LogP contribution >= 0.6 is 0 Å². The molecule has 0 aromatic heterocycles. The van der Waals surface area contributed by atoms with Crippen molar-refractivity contribution in [1.29, 1.82) is 0 Å². The lowest BCUT2D eigenvalue weighted by Crippen LogP contribution is -2.39. The van der Waals surface area contributed by atoms with Crippen molar-refractivity contribution < 1.29 is 4.79 Å². The van der Waals surface area contributed by atoms with Gasteiger partial charge in [-0.15, -0.1) is 0 Å². The van der Waals surface area contributed by atoms with Gasteiger partial charge in [-0.2, -0.15) is 0 Å². The molecule has 1 atom stereocenters. The summed E-state index contributed by atoms with van der Waals surface area (Å²) in [4.78, 5) is 13.4. The molecule has 1 N–H and O–H groups in total. The Morgan fingerprint density at radius 1 is 1.43 bits per heavy atom. The Balaban J connectivity index is 2.49. The highest BCUT2D eigenvalue weighted by molar-refractivity contribution is 5.87. The SMILES string of the molecule is CN(C)[C@@H]1CCCC/C=C/C(=O)NC1. The van der Waals surface area contributed by atoms with Gasteiger partial charge in [0, 0.05) is 12.6 Å². The molecule has 1 aliphatic heterocycles. The van der Waals surface area contributed by atoms with Crippen molar-refractivity contribution >= 4 is 5.91 Å². The Kier molecular flexibility index (Phi) is 4.66. The van der Waals surface area contributed by atoms with E-state index in [2.05, 4.69) is 24.3 Å². The number of hydrogen-bond acceptors (Lipinski definition) is 2. The van der Waals surface area contributed by atoms with E-state index in [4.69, 9.17) is 0 Å². The topological polar surface area (TPSA) is 32.3 Å². The van der Waals surface area contributed by atoms with Gasteiger partial charge in [0.15, 0.2) is 0 Å². The van der Waals surface area contributed by atoms with E-state index in [0.29, 0.717) is 6.04 Å². The lowest BCUT2D eigenvalue weighted by molar-refractivity contribution is -0.116. The summed E-state index contributed by atoms with van der Waals surface area (Å²) in [7, 11) is 4.14. The Bertz CT molecular complexity index is 211. The second-order valence-corrected chi connectivity index (χ2v) is 4.05. The third kappa shape index (κ3) is 3.92. The molecule has 1 aliphatic rings. The Morgan fingerprint density at radius 2 is 2.21 bits per heavy atom. The summed E-state index contributed by atoms with van der Waals surface area (Å²) in [6.07, 6.45) is 8.23. The first-order valence-electron chi connectivity index (χ1n) is 5.31. The first-order valence-corrected chi connectivity index (χ1v) is 5.31. The van der Waals surface area contributed by atoms with Crippen LogP contribution in [-0.2, 0) is 4.79 Å². The standard InChI is InChI=1S/C11H20N2O/c1-13(2)10-7-5-3-4-6-8-11(14)12-9-10/h6,8,10H,3-5,7,9H2,1-2H3,(H,12,14)/b8-6+/t10-/m1/s1. The van der Waals surface area contributed by atoms with Gasteiger partial charge in [-0.25, -0.2) is 0 Å². The zero-order valence-corrected chi connectivity index (χ0v) is 9.12. The van der Waals surface area contributed by atoms with Crippen LogP contribution in [0.5, 0.6) is 0 Å². The molecule has 0 aliphatic carbocycles. The molecule has 1 rings (SSSR count). The number of carbonyl (C=O) groups is 1. The highest BCUT2D eigenvalue weighted by Crippen LogP contribution is 2.08. The summed E-state index contributed by atoms with van der Waals surface area (Å²) < 4.78 is 0. The van der Waals surface area contributed by atoms with Crippen LogP contribution in [0.3, 0.4) is 0 Å². The first-order chi connectivity index (χ1) is 6.70. The summed E-state index contributed by atoms with van der Waals surface area (Å²) in [5.74, 6) is 0.0405. The smallest absolute Gasteiger partial charge is 0.243 e. The average Bonchev–Trinajstić information content (AvgIpc) is 2.15. The van der Waals surface area contributed by atoms with Crippen molar-refractivity contribution in [2.24, 2.45) is 0 Å². The number of nitrogens with zero attached hydrogens (tertiary/aromatic N) is 1. The van der Waals surface area contributed by atoms with Crippen LogP contribution in [0.2, 0.25) is 0 Å². The zero-order chi connectivity index (χ0) is 10.4. The predicted molar refractivity (Wildman–Crippen MR) is 58.1 cm³/mol. The van der Waals surface area contributed by atoms with E-state index < -0.39 is 0 Å². The van der Waals surface area contributed by atoms with Gasteiger partial charge in [-0.1, -0.05) is 12.5 Å². The quantitative estimate of drug-likeness (QED) is 0.682. The van der Waals surface area contributed by atoms with Crippen molar-refractivity contribution in [3.63, 3.8) is 0 Å². The molecule has 0 unspecified atom stereocenters. The minimum atomic E-state index is 0.0405. The minimum absolute atomic E-state index is 0.0405. The van der Waals surface area contributed by atoms with Crippen molar-refractivity contribution in [3.8, 4) is 0 Å². The second kappa shape index (κ2) is 5.81. The minimum Gasteiger partial charge on any atom is -0.351 e. The highest BCUT2D eigenvalue weighted by Gasteiger charge is 2.12. The van der Waals surface area contributed by atoms with Gasteiger partial charge < -0.3 is 10.2 Å². The lowest BCUT2D eigenvalue weighted by Gasteiger charge is -2.24. The predicted octanol–water partition coefficient (Wildman–Crippen LogP) is 1.16. The fourth-order valence-corrected chi connectivity index (χ4v) is 1.65. The Morgan fingerprint density at radius 3 is 2.93 bits per heavy atom. The van der Waals surface area contributed by atoms with Crippen molar-refractivity contribution in [2.45, 2.75) is 31.7 Å². The van der Waals surface area contributed by atoms with Crippen LogP contribution in [0, 0.1) is 0 Å². The number of carbonyl (C=O) groups excluding carboxylic acids is 1. The summed E-state index contributed by atoms with van der Waals surface area (Å²) in [6, 6.07) is 0.477. The molecule has 0 spiro atoms. The molecule has 14 heavy (non-hydrogen) atoms. The van der Waals surface area contributed by atoms with Crippen LogP contribution < -0.4 is 5.32 Å². The van der Waals surface area contributed by atoms with E-state index in [1.54, 1.807) is 6.08 Å². The van der Waals surface area contributed by atoms with Crippen molar-refractivity contribution in [3.05, 3.63) is 12.2 Å². The summed E-state index contributed by atoms with van der Waals surface area (Å²) >= 11 is 0. The molecule has 0 saturated heterocycles. The molecule has 0 aromatic rings. The van der Waals surface area contributed by atoms with E-state index in [1.165, 1.54) is 19.3 Å². The Labute approximate surface area is 86.2 Å². The molecule has 0 aromatic carbocycles. The zero-order valence-electron chi connectivity index (χ0n) is 9.12.